The van der Waals surface area contributed by atoms with E-state index in [1.54, 1.807) is 25.3 Å². The number of hydrogen-bond donors (Lipinski definition) is 5. The summed E-state index contributed by atoms with van der Waals surface area (Å²) < 4.78 is 41.4. The van der Waals surface area contributed by atoms with Crippen molar-refractivity contribution >= 4 is 61.4 Å². The second kappa shape index (κ2) is 19.4. The maximum Gasteiger partial charge on any atom is 0.330 e. The number of nitrogens with zero attached hydrogens (tertiary/aromatic N) is 5. The number of ether oxygens (including phenoxy) is 2. The zero-order valence-corrected chi connectivity index (χ0v) is 39.9. The number of aromatic nitrogens is 2. The number of aliphatic carboxylic acids is 1. The molecular formula is C45H63N9O9S2. The number of rotatable bonds is 11. The summed E-state index contributed by atoms with van der Waals surface area (Å²) in [5.41, 5.74) is -0.334. The van der Waals surface area contributed by atoms with Crippen molar-refractivity contribution in [2.75, 3.05) is 45.7 Å². The summed E-state index contributed by atoms with van der Waals surface area (Å²) in [6, 6.07) is 3.89. The fourth-order valence-corrected chi connectivity index (χ4v) is 11.0. The Morgan fingerprint density at radius 3 is 2.58 bits per heavy atom. The van der Waals surface area contributed by atoms with E-state index >= 15 is 0 Å². The molecule has 3 fully saturated rings. The van der Waals surface area contributed by atoms with Crippen LogP contribution in [0.5, 0.6) is 11.5 Å². The molecule has 2 saturated heterocycles. The van der Waals surface area contributed by atoms with Gasteiger partial charge in [-0.3, -0.25) is 9.59 Å². The van der Waals surface area contributed by atoms with Crippen molar-refractivity contribution in [2.45, 2.75) is 122 Å². The summed E-state index contributed by atoms with van der Waals surface area (Å²) in [4.78, 5) is 67.2. The number of nitrogens with one attached hydrogen (secondary N) is 4. The summed E-state index contributed by atoms with van der Waals surface area (Å²) in [5.74, 6) is -1.66. The van der Waals surface area contributed by atoms with E-state index in [-0.39, 0.29) is 38.4 Å². The number of fused-ring (bicyclic) bond motifs is 3. The van der Waals surface area contributed by atoms with Gasteiger partial charge in [0, 0.05) is 74.0 Å². The van der Waals surface area contributed by atoms with Gasteiger partial charge in [-0.2, -0.15) is 17.0 Å². The van der Waals surface area contributed by atoms with E-state index in [1.165, 1.54) is 31.9 Å². The number of anilines is 1. The van der Waals surface area contributed by atoms with Crippen molar-refractivity contribution in [1.29, 1.82) is 0 Å². The van der Waals surface area contributed by atoms with Crippen LogP contribution in [0.2, 0.25) is 0 Å². The van der Waals surface area contributed by atoms with Crippen LogP contribution in [0.15, 0.2) is 41.8 Å². The van der Waals surface area contributed by atoms with E-state index in [9.17, 15) is 32.7 Å². The lowest BCUT2D eigenvalue weighted by Crippen LogP contribution is -2.60. The van der Waals surface area contributed by atoms with Crippen LogP contribution in [0.25, 0.3) is 22.3 Å². The molecule has 65 heavy (non-hydrogen) atoms. The number of allylic oxidation sites excluding steroid dienone is 1. The number of hydrogen-bond acceptors (Lipinski definition) is 12. The molecule has 18 nitrogen and oxygen atoms in total. The number of carboxylic acids is 1. The second-order valence-electron chi connectivity index (χ2n) is 19.0. The van der Waals surface area contributed by atoms with Crippen LogP contribution in [-0.4, -0.2) is 137 Å². The van der Waals surface area contributed by atoms with E-state index in [0.29, 0.717) is 66.1 Å². The maximum absolute atomic E-state index is 15.0. The molecule has 7 rings (SSSR count). The van der Waals surface area contributed by atoms with E-state index in [2.05, 4.69) is 21.3 Å². The molecule has 4 aliphatic rings. The number of urea groups is 1. The largest absolute Gasteiger partial charge is 0.497 e. The van der Waals surface area contributed by atoms with E-state index in [4.69, 9.17) is 19.4 Å². The monoisotopic (exact) mass is 937 g/mol. The molecule has 6 atom stereocenters. The number of benzene rings is 1. The van der Waals surface area contributed by atoms with Crippen LogP contribution >= 0.6 is 11.3 Å². The molecule has 0 spiro atoms. The Bertz CT molecular complexity index is 2400. The third-order valence-electron chi connectivity index (χ3n) is 12.7. The number of amides is 4. The summed E-state index contributed by atoms with van der Waals surface area (Å²) in [7, 11) is -0.617. The Hall–Kier alpha value is -5.05. The highest BCUT2D eigenvalue weighted by molar-refractivity contribution is 7.86. The topological polar surface area (TPSA) is 225 Å². The van der Waals surface area contributed by atoms with Crippen molar-refractivity contribution in [1.82, 2.24) is 39.4 Å². The van der Waals surface area contributed by atoms with Gasteiger partial charge in [-0.05, 0) is 63.5 Å². The van der Waals surface area contributed by atoms with E-state index in [0.717, 1.165) is 18.0 Å². The first-order valence-corrected chi connectivity index (χ1v) is 24.8. The molecule has 0 radical (unpaired) electrons. The van der Waals surface area contributed by atoms with Gasteiger partial charge in [-0.1, -0.05) is 45.8 Å². The molecule has 4 amide bonds. The minimum absolute atomic E-state index is 0.0337. The Balaban J connectivity index is 1.19. The first-order chi connectivity index (χ1) is 30.8. The van der Waals surface area contributed by atoms with Crippen molar-refractivity contribution in [3.63, 3.8) is 0 Å². The normalized spacial score (nSPS) is 26.5. The van der Waals surface area contributed by atoms with Gasteiger partial charge in [-0.15, -0.1) is 11.3 Å². The molecule has 1 saturated carbocycles. The van der Waals surface area contributed by atoms with Crippen LogP contribution in [0.1, 0.15) is 86.0 Å². The van der Waals surface area contributed by atoms with Gasteiger partial charge in [0.1, 0.15) is 40.9 Å². The highest BCUT2D eigenvalue weighted by Crippen LogP contribution is 2.46. The van der Waals surface area contributed by atoms with Gasteiger partial charge in [-0.25, -0.2) is 19.6 Å². The summed E-state index contributed by atoms with van der Waals surface area (Å²) in [6.45, 7) is 10.5. The van der Waals surface area contributed by atoms with Gasteiger partial charge >= 0.3 is 12.0 Å². The predicted molar refractivity (Wildman–Crippen MR) is 248 cm³/mol. The minimum atomic E-state index is -3.72. The Labute approximate surface area is 385 Å². The molecule has 20 heteroatoms. The molecule has 3 aliphatic heterocycles. The minimum Gasteiger partial charge on any atom is -0.497 e. The molecule has 5 heterocycles. The molecule has 3 aromatic rings. The van der Waals surface area contributed by atoms with Crippen molar-refractivity contribution in [3.8, 4) is 22.9 Å². The smallest absolute Gasteiger partial charge is 0.330 e. The van der Waals surface area contributed by atoms with Gasteiger partial charge in [0.05, 0.1) is 24.9 Å². The summed E-state index contributed by atoms with van der Waals surface area (Å²) in [6.07, 6.45) is 7.03. The first kappa shape index (κ1) is 47.9. The lowest BCUT2D eigenvalue weighted by Gasteiger charge is -2.39. The van der Waals surface area contributed by atoms with Gasteiger partial charge < -0.3 is 40.7 Å². The van der Waals surface area contributed by atoms with Crippen molar-refractivity contribution < 1.29 is 42.2 Å². The van der Waals surface area contributed by atoms with Gasteiger partial charge in [0.2, 0.25) is 11.8 Å². The Kier molecular flexibility index (Phi) is 14.3. The second-order valence-corrected chi connectivity index (χ2v) is 21.9. The zero-order chi connectivity index (χ0) is 46.8. The molecular weight excluding hydrogens is 875 g/mol. The molecule has 1 aromatic carbocycles. The molecule has 0 bridgehead atoms. The number of pyridine rings is 1. The average Bonchev–Trinajstić information content (AvgIpc) is 3.51. The molecule has 1 unspecified atom stereocenters. The lowest BCUT2D eigenvalue weighted by molar-refractivity contribution is -0.145. The fourth-order valence-electron chi connectivity index (χ4n) is 8.74. The van der Waals surface area contributed by atoms with Gasteiger partial charge in [0.15, 0.2) is 5.13 Å². The predicted octanol–water partition coefficient (Wildman–Crippen LogP) is 4.98. The number of carbonyl (C=O) groups is 4. The Morgan fingerprint density at radius 1 is 1.08 bits per heavy atom. The molecule has 2 aromatic heterocycles. The average molecular weight is 938 g/mol. The third kappa shape index (κ3) is 10.8. The molecule has 1 aliphatic carbocycles. The van der Waals surface area contributed by atoms with E-state index in [1.807, 2.05) is 58.2 Å². The maximum atomic E-state index is 15.0. The van der Waals surface area contributed by atoms with Crippen LogP contribution in [0.3, 0.4) is 0 Å². The van der Waals surface area contributed by atoms with Crippen molar-refractivity contribution in [3.05, 3.63) is 41.8 Å². The van der Waals surface area contributed by atoms with Crippen LogP contribution in [0, 0.1) is 11.3 Å². The number of carboxylic acid groups (broad SMARTS) is 1. The van der Waals surface area contributed by atoms with Crippen LogP contribution in [0.4, 0.5) is 9.93 Å². The number of carbonyl (C=O) groups excluding carboxylic acids is 3. The standard InChI is InChI=1S/C45H63N9O9S2/c1-27(2)46-43-49-35(26-64-43)34-22-37(31-17-16-29(62-7)20-33(31)47-34)63-30-21-36-39(55)51-45(41(57)58)23-28(45)14-11-9-8-10-12-15-32(40(56)54(36)24-30)48-42(59)50-38(44(3,4)5)25-53-19-13-18-52(6)65(53,60)61/h11,14,16-17,20,22,26-28,30,32,36,38H,8-10,12-13,15,18-19,21,23-25H2,1-7H3,(H,46,49)(H,51,55)(H,57,58)(H2,48,50,59)/b14-11-/t28?,30-,32+,36+,38-,45-/m1/s1. The highest BCUT2D eigenvalue weighted by atomic mass is 32.2. The highest BCUT2D eigenvalue weighted by Gasteiger charge is 2.61. The summed E-state index contributed by atoms with van der Waals surface area (Å²) in [5, 5.41) is 25.7. The number of thiazole rings is 1. The zero-order valence-electron chi connectivity index (χ0n) is 38.3. The first-order valence-electron chi connectivity index (χ1n) is 22.5. The van der Waals surface area contributed by atoms with Crippen LogP contribution in [-0.2, 0) is 24.6 Å². The molecule has 5 N–H and O–H groups in total. The molecule has 354 valence electrons. The van der Waals surface area contributed by atoms with Crippen LogP contribution < -0.4 is 30.7 Å². The lowest BCUT2D eigenvalue weighted by atomic mass is 9.86. The summed E-state index contributed by atoms with van der Waals surface area (Å²) >= 11 is 1.45. The Morgan fingerprint density at radius 2 is 1.86 bits per heavy atom. The quantitative estimate of drug-likeness (QED) is 0.161. The van der Waals surface area contributed by atoms with Gasteiger partial charge in [0.25, 0.3) is 10.2 Å². The van der Waals surface area contributed by atoms with Crippen molar-refractivity contribution in [2.24, 2.45) is 11.3 Å². The fraction of sp³-hybridized carbons (Fsp3) is 0.600. The number of methoxy groups -OCH3 is 1. The SMILES string of the molecule is COc1ccc2c(O[C@@H]3C[C@H]4C(=O)N[C@]5(C(=O)O)CC5/C=C\CCCCC[C@H](NC(=O)N[C@H](CN5CCCN(C)S5(=O)=O)C(C)(C)C)C(=O)N4C3)cc(-c3csc(NC(C)C)n3)nc2c1. The third-order valence-corrected chi connectivity index (χ3v) is 15.4. The van der Waals surface area contributed by atoms with E-state index < -0.39 is 75.1 Å².